The minimum atomic E-state index is -0.136. The maximum atomic E-state index is 12.0. The summed E-state index contributed by atoms with van der Waals surface area (Å²) in [6.07, 6.45) is 1.66. The van der Waals surface area contributed by atoms with Gasteiger partial charge in [0.25, 0.3) is 5.56 Å². The monoisotopic (exact) mass is 280 g/mol. The molecule has 0 bridgehead atoms. The molecule has 21 heavy (non-hydrogen) atoms. The Kier molecular flexibility index (Phi) is 3.64. The molecule has 2 aromatic heterocycles. The van der Waals surface area contributed by atoms with Crippen molar-refractivity contribution < 1.29 is 0 Å². The Balaban J connectivity index is 1.89. The number of pyridine rings is 1. The van der Waals surface area contributed by atoms with Gasteiger partial charge in [0, 0.05) is 18.0 Å². The second-order valence-electron chi connectivity index (χ2n) is 4.77. The molecule has 1 N–H and O–H groups in total. The average Bonchev–Trinajstić information content (AvgIpc) is 2.50. The lowest BCUT2D eigenvalue weighted by Crippen LogP contribution is -2.23. The standard InChI is InChI=1S/C16H16N4O/c1-2-17-14-9-16(21)20(18-10-14)11-13-8-7-12-5-3-4-6-15(12)19-13/h3-10,17H,2,11H2,1H3. The highest BCUT2D eigenvalue weighted by Gasteiger charge is 2.03. The Bertz CT molecular complexity index is 826. The van der Waals surface area contributed by atoms with Gasteiger partial charge in [0.15, 0.2) is 0 Å². The van der Waals surface area contributed by atoms with E-state index in [-0.39, 0.29) is 5.56 Å². The lowest BCUT2D eigenvalue weighted by Gasteiger charge is -2.07. The first kappa shape index (κ1) is 13.3. The van der Waals surface area contributed by atoms with Crippen molar-refractivity contribution in [1.82, 2.24) is 14.8 Å². The highest BCUT2D eigenvalue weighted by atomic mass is 16.1. The number of nitrogens with zero attached hydrogens (tertiary/aromatic N) is 3. The molecule has 5 nitrogen and oxygen atoms in total. The number of rotatable bonds is 4. The molecule has 0 fully saturated rings. The van der Waals surface area contributed by atoms with Crippen LogP contribution >= 0.6 is 0 Å². The molecule has 0 atom stereocenters. The molecular formula is C16H16N4O. The summed E-state index contributed by atoms with van der Waals surface area (Å²) in [6, 6.07) is 13.4. The van der Waals surface area contributed by atoms with Crippen molar-refractivity contribution in [2.75, 3.05) is 11.9 Å². The Morgan fingerprint density at radius 1 is 1.19 bits per heavy atom. The molecule has 0 saturated carbocycles. The van der Waals surface area contributed by atoms with E-state index < -0.39 is 0 Å². The van der Waals surface area contributed by atoms with E-state index in [4.69, 9.17) is 0 Å². The Hall–Kier alpha value is -2.69. The minimum Gasteiger partial charge on any atom is -0.384 e. The number of anilines is 1. The van der Waals surface area contributed by atoms with Gasteiger partial charge in [-0.1, -0.05) is 24.3 Å². The van der Waals surface area contributed by atoms with Gasteiger partial charge in [-0.15, -0.1) is 0 Å². The predicted octanol–water partition coefficient (Wildman–Crippen LogP) is 2.27. The van der Waals surface area contributed by atoms with Crippen molar-refractivity contribution in [2.45, 2.75) is 13.5 Å². The van der Waals surface area contributed by atoms with Crippen molar-refractivity contribution in [3.05, 3.63) is 64.7 Å². The van der Waals surface area contributed by atoms with E-state index in [9.17, 15) is 4.79 Å². The van der Waals surface area contributed by atoms with Crippen LogP contribution in [0.25, 0.3) is 10.9 Å². The fourth-order valence-corrected chi connectivity index (χ4v) is 2.20. The van der Waals surface area contributed by atoms with E-state index >= 15 is 0 Å². The zero-order chi connectivity index (χ0) is 14.7. The Morgan fingerprint density at radius 3 is 2.86 bits per heavy atom. The molecule has 0 aliphatic carbocycles. The molecule has 1 aromatic carbocycles. The second-order valence-corrected chi connectivity index (χ2v) is 4.77. The number of aromatic nitrogens is 3. The first-order chi connectivity index (χ1) is 10.3. The summed E-state index contributed by atoms with van der Waals surface area (Å²) in [5.74, 6) is 0. The van der Waals surface area contributed by atoms with Crippen LogP contribution in [-0.4, -0.2) is 21.3 Å². The number of hydrogen-bond acceptors (Lipinski definition) is 4. The summed E-state index contributed by atoms with van der Waals surface area (Å²) in [7, 11) is 0. The number of hydrogen-bond donors (Lipinski definition) is 1. The van der Waals surface area contributed by atoms with E-state index in [1.54, 1.807) is 12.3 Å². The summed E-state index contributed by atoms with van der Waals surface area (Å²) >= 11 is 0. The highest BCUT2D eigenvalue weighted by molar-refractivity contribution is 5.78. The molecule has 2 heterocycles. The van der Waals surface area contributed by atoms with Gasteiger partial charge in [-0.05, 0) is 19.1 Å². The maximum absolute atomic E-state index is 12.0. The van der Waals surface area contributed by atoms with Crippen LogP contribution < -0.4 is 10.9 Å². The van der Waals surface area contributed by atoms with E-state index in [1.807, 2.05) is 43.3 Å². The van der Waals surface area contributed by atoms with E-state index in [1.165, 1.54) is 4.68 Å². The van der Waals surface area contributed by atoms with Gasteiger partial charge in [0.2, 0.25) is 0 Å². The molecule has 0 aliphatic heterocycles. The van der Waals surface area contributed by atoms with Crippen molar-refractivity contribution in [3.8, 4) is 0 Å². The van der Waals surface area contributed by atoms with Crippen molar-refractivity contribution in [3.63, 3.8) is 0 Å². The normalized spacial score (nSPS) is 10.7. The molecule has 3 rings (SSSR count). The first-order valence-electron chi connectivity index (χ1n) is 6.92. The number of nitrogens with one attached hydrogen (secondary N) is 1. The van der Waals surface area contributed by atoms with Crippen LogP contribution in [0.2, 0.25) is 0 Å². The third-order valence-corrected chi connectivity index (χ3v) is 3.22. The van der Waals surface area contributed by atoms with Crippen LogP contribution in [0.4, 0.5) is 5.69 Å². The van der Waals surface area contributed by atoms with Gasteiger partial charge in [-0.3, -0.25) is 9.78 Å². The van der Waals surface area contributed by atoms with Gasteiger partial charge in [-0.2, -0.15) is 5.10 Å². The Morgan fingerprint density at radius 2 is 2.05 bits per heavy atom. The van der Waals surface area contributed by atoms with Crippen LogP contribution in [0.15, 0.2) is 53.5 Å². The molecule has 0 radical (unpaired) electrons. The summed E-state index contributed by atoms with van der Waals surface area (Å²) in [5, 5.41) is 8.33. The summed E-state index contributed by atoms with van der Waals surface area (Å²) < 4.78 is 1.41. The SMILES string of the molecule is CCNc1cnn(Cc2ccc3ccccc3n2)c(=O)c1. The number of benzene rings is 1. The maximum Gasteiger partial charge on any atom is 0.269 e. The first-order valence-corrected chi connectivity index (χ1v) is 6.92. The van der Waals surface area contributed by atoms with Gasteiger partial charge in [-0.25, -0.2) is 4.68 Å². The molecule has 106 valence electrons. The molecular weight excluding hydrogens is 264 g/mol. The fourth-order valence-electron chi connectivity index (χ4n) is 2.20. The zero-order valence-corrected chi connectivity index (χ0v) is 11.8. The fraction of sp³-hybridized carbons (Fsp3) is 0.188. The van der Waals surface area contributed by atoms with Gasteiger partial charge in [0.05, 0.1) is 29.6 Å². The third kappa shape index (κ3) is 2.91. The van der Waals surface area contributed by atoms with Crippen LogP contribution in [0.1, 0.15) is 12.6 Å². The van der Waals surface area contributed by atoms with E-state index in [2.05, 4.69) is 15.4 Å². The van der Waals surface area contributed by atoms with Gasteiger partial charge in [0.1, 0.15) is 0 Å². The molecule has 3 aromatic rings. The summed E-state index contributed by atoms with van der Waals surface area (Å²) in [4.78, 5) is 16.6. The van der Waals surface area contributed by atoms with Crippen molar-refractivity contribution >= 4 is 16.6 Å². The summed E-state index contributed by atoms with van der Waals surface area (Å²) in [5.41, 5.74) is 2.35. The molecule has 0 aliphatic rings. The minimum absolute atomic E-state index is 0.136. The Labute approximate surface area is 122 Å². The van der Waals surface area contributed by atoms with Crippen LogP contribution in [0.3, 0.4) is 0 Å². The average molecular weight is 280 g/mol. The van der Waals surface area contributed by atoms with Gasteiger partial charge >= 0.3 is 0 Å². The number of para-hydroxylation sites is 1. The molecule has 0 amide bonds. The van der Waals surface area contributed by atoms with Crippen LogP contribution in [0, 0.1) is 0 Å². The van der Waals surface area contributed by atoms with Crippen LogP contribution in [0.5, 0.6) is 0 Å². The van der Waals surface area contributed by atoms with Crippen molar-refractivity contribution in [2.24, 2.45) is 0 Å². The molecule has 0 spiro atoms. The van der Waals surface area contributed by atoms with E-state index in [0.717, 1.165) is 28.8 Å². The van der Waals surface area contributed by atoms with Gasteiger partial charge < -0.3 is 5.32 Å². The van der Waals surface area contributed by atoms with E-state index in [0.29, 0.717) is 6.54 Å². The zero-order valence-electron chi connectivity index (χ0n) is 11.8. The lowest BCUT2D eigenvalue weighted by molar-refractivity contribution is 0.630. The smallest absolute Gasteiger partial charge is 0.269 e. The van der Waals surface area contributed by atoms with Crippen molar-refractivity contribution in [1.29, 1.82) is 0 Å². The molecule has 0 unspecified atom stereocenters. The topological polar surface area (TPSA) is 59.8 Å². The highest BCUT2D eigenvalue weighted by Crippen LogP contribution is 2.12. The molecule has 5 heteroatoms. The second kappa shape index (κ2) is 5.75. The lowest BCUT2D eigenvalue weighted by atomic mass is 10.2. The predicted molar refractivity (Wildman–Crippen MR) is 83.5 cm³/mol. The van der Waals surface area contributed by atoms with Crippen LogP contribution in [-0.2, 0) is 6.54 Å². The summed E-state index contributed by atoms with van der Waals surface area (Å²) in [6.45, 7) is 3.11. The third-order valence-electron chi connectivity index (χ3n) is 3.22. The number of fused-ring (bicyclic) bond motifs is 1. The molecule has 0 saturated heterocycles. The quantitative estimate of drug-likeness (QED) is 0.796. The largest absolute Gasteiger partial charge is 0.384 e.